The van der Waals surface area contributed by atoms with Gasteiger partial charge in [-0.3, -0.25) is 4.90 Å². The minimum absolute atomic E-state index is 0.237. The SMILES string of the molecule is COC(=O)c1cc2c([nH]c3ccccc32)c(C(c2nnnn2C(C)(C)C)N2CCN(c3ncccn3)CC2)n1. The zero-order chi connectivity index (χ0) is 27.1. The number of aromatic amines is 1. The van der Waals surface area contributed by atoms with Crippen molar-refractivity contribution in [2.75, 3.05) is 38.2 Å². The van der Waals surface area contributed by atoms with Crippen molar-refractivity contribution < 1.29 is 9.53 Å². The fourth-order valence-corrected chi connectivity index (χ4v) is 5.21. The third-order valence-electron chi connectivity index (χ3n) is 7.07. The van der Waals surface area contributed by atoms with Gasteiger partial charge in [-0.2, -0.15) is 0 Å². The molecular weight excluding hydrogens is 496 g/mol. The van der Waals surface area contributed by atoms with E-state index in [1.54, 1.807) is 18.5 Å². The summed E-state index contributed by atoms with van der Waals surface area (Å²) in [4.78, 5) is 34.6. The average molecular weight is 527 g/mol. The summed E-state index contributed by atoms with van der Waals surface area (Å²) in [5.41, 5.74) is 2.33. The third kappa shape index (κ3) is 4.46. The number of H-pyrrole nitrogens is 1. The summed E-state index contributed by atoms with van der Waals surface area (Å²) in [5.74, 6) is 0.863. The maximum absolute atomic E-state index is 12.8. The van der Waals surface area contributed by atoms with E-state index in [1.165, 1.54) is 7.11 Å². The predicted molar refractivity (Wildman–Crippen MR) is 145 cm³/mol. The van der Waals surface area contributed by atoms with E-state index in [2.05, 4.69) is 61.0 Å². The van der Waals surface area contributed by atoms with Gasteiger partial charge in [0.1, 0.15) is 11.7 Å². The molecule has 12 nitrogen and oxygen atoms in total. The Balaban J connectivity index is 1.52. The number of pyridine rings is 1. The summed E-state index contributed by atoms with van der Waals surface area (Å²) < 4.78 is 6.93. The number of carbonyl (C=O) groups excluding carboxylic acids is 1. The van der Waals surface area contributed by atoms with Crippen LogP contribution >= 0.6 is 0 Å². The van der Waals surface area contributed by atoms with Gasteiger partial charge >= 0.3 is 5.97 Å². The van der Waals surface area contributed by atoms with E-state index in [1.807, 2.05) is 35.0 Å². The number of ether oxygens (including phenoxy) is 1. The maximum Gasteiger partial charge on any atom is 0.356 e. The number of tetrazole rings is 1. The van der Waals surface area contributed by atoms with Crippen LogP contribution < -0.4 is 4.90 Å². The second kappa shape index (κ2) is 9.70. The van der Waals surface area contributed by atoms with Gasteiger partial charge < -0.3 is 14.6 Å². The third-order valence-corrected chi connectivity index (χ3v) is 7.07. The molecule has 200 valence electrons. The van der Waals surface area contributed by atoms with Gasteiger partial charge in [0.25, 0.3) is 0 Å². The molecule has 1 N–H and O–H groups in total. The van der Waals surface area contributed by atoms with Crippen molar-refractivity contribution in [2.24, 2.45) is 0 Å². The Morgan fingerprint density at radius 1 is 1.03 bits per heavy atom. The maximum atomic E-state index is 12.8. The van der Waals surface area contributed by atoms with Crippen LogP contribution in [0, 0.1) is 0 Å². The molecule has 1 fully saturated rings. The molecule has 0 radical (unpaired) electrons. The van der Waals surface area contributed by atoms with Gasteiger partial charge in [0.05, 0.1) is 23.9 Å². The quantitative estimate of drug-likeness (QED) is 0.341. The molecule has 0 amide bonds. The first kappa shape index (κ1) is 24.9. The molecule has 1 saturated heterocycles. The lowest BCUT2D eigenvalue weighted by Gasteiger charge is -2.39. The van der Waals surface area contributed by atoms with Crippen LogP contribution in [0.3, 0.4) is 0 Å². The normalized spacial score (nSPS) is 15.6. The van der Waals surface area contributed by atoms with Gasteiger partial charge in [0, 0.05) is 54.9 Å². The van der Waals surface area contributed by atoms with Gasteiger partial charge in [0.2, 0.25) is 5.95 Å². The van der Waals surface area contributed by atoms with E-state index in [0.29, 0.717) is 43.6 Å². The molecule has 6 rings (SSSR count). The number of hydrogen-bond acceptors (Lipinski definition) is 10. The topological polar surface area (TPSA) is 131 Å². The molecule has 4 aromatic heterocycles. The molecule has 5 aromatic rings. The summed E-state index contributed by atoms with van der Waals surface area (Å²) in [7, 11) is 1.37. The number of aromatic nitrogens is 8. The molecule has 1 unspecified atom stereocenters. The zero-order valence-electron chi connectivity index (χ0n) is 22.4. The first-order valence-corrected chi connectivity index (χ1v) is 12.9. The smallest absolute Gasteiger partial charge is 0.356 e. The number of rotatable bonds is 5. The molecular formula is C27H30N10O2. The minimum atomic E-state index is -0.497. The summed E-state index contributed by atoms with van der Waals surface area (Å²) in [6, 6.07) is 11.2. The lowest BCUT2D eigenvalue weighted by atomic mass is 10.0. The Bertz CT molecular complexity index is 1630. The summed E-state index contributed by atoms with van der Waals surface area (Å²) in [6.07, 6.45) is 3.51. The van der Waals surface area contributed by atoms with Crippen molar-refractivity contribution in [3.63, 3.8) is 0 Å². The molecule has 12 heteroatoms. The molecule has 0 aliphatic carbocycles. The molecule has 1 aromatic carbocycles. The summed E-state index contributed by atoms with van der Waals surface area (Å²) in [5, 5.41) is 14.8. The number of methoxy groups -OCH3 is 1. The number of esters is 1. The van der Waals surface area contributed by atoms with E-state index in [9.17, 15) is 4.79 Å². The Morgan fingerprint density at radius 2 is 1.77 bits per heavy atom. The predicted octanol–water partition coefficient (Wildman–Crippen LogP) is 2.95. The number of nitrogens with one attached hydrogen (secondary N) is 1. The molecule has 1 aliphatic rings. The summed E-state index contributed by atoms with van der Waals surface area (Å²) in [6.45, 7) is 8.98. The zero-order valence-corrected chi connectivity index (χ0v) is 22.4. The van der Waals surface area contributed by atoms with E-state index in [4.69, 9.17) is 9.72 Å². The average Bonchev–Trinajstić information content (AvgIpc) is 3.59. The second-order valence-electron chi connectivity index (χ2n) is 10.6. The van der Waals surface area contributed by atoms with Crippen LogP contribution in [0.2, 0.25) is 0 Å². The number of nitrogens with zero attached hydrogens (tertiary/aromatic N) is 9. The van der Waals surface area contributed by atoms with Crippen molar-refractivity contribution in [1.82, 2.24) is 45.0 Å². The minimum Gasteiger partial charge on any atom is -0.464 e. The monoisotopic (exact) mass is 526 g/mol. The van der Waals surface area contributed by atoms with Crippen molar-refractivity contribution >= 4 is 33.7 Å². The highest BCUT2D eigenvalue weighted by molar-refractivity contribution is 6.09. The number of hydrogen-bond donors (Lipinski definition) is 1. The molecule has 39 heavy (non-hydrogen) atoms. The molecule has 0 bridgehead atoms. The Hall–Kier alpha value is -4.45. The van der Waals surface area contributed by atoms with Gasteiger partial charge in [-0.25, -0.2) is 24.4 Å². The van der Waals surface area contributed by atoms with Gasteiger partial charge in [-0.15, -0.1) is 5.10 Å². The lowest BCUT2D eigenvalue weighted by Crippen LogP contribution is -2.49. The molecule has 0 saturated carbocycles. The van der Waals surface area contributed by atoms with Gasteiger partial charge in [-0.05, 0) is 49.4 Å². The highest BCUT2D eigenvalue weighted by atomic mass is 16.5. The van der Waals surface area contributed by atoms with Crippen molar-refractivity contribution in [3.05, 3.63) is 66.0 Å². The van der Waals surface area contributed by atoms with E-state index >= 15 is 0 Å². The Morgan fingerprint density at radius 3 is 2.49 bits per heavy atom. The number of piperazine rings is 1. The van der Waals surface area contributed by atoms with Crippen LogP contribution in [0.25, 0.3) is 21.8 Å². The van der Waals surface area contributed by atoms with Crippen LogP contribution in [0.1, 0.15) is 48.8 Å². The Labute approximate surface area is 225 Å². The fourth-order valence-electron chi connectivity index (χ4n) is 5.21. The Kier molecular flexibility index (Phi) is 6.18. The highest BCUT2D eigenvalue weighted by Gasteiger charge is 2.36. The van der Waals surface area contributed by atoms with Gasteiger partial charge in [-0.1, -0.05) is 18.2 Å². The lowest BCUT2D eigenvalue weighted by molar-refractivity contribution is 0.0593. The standard InChI is InChI=1S/C27H30N10O2/c1-27(2,3)37-24(32-33-34-37)23(35-12-14-36(15-13-35)26-28-10-7-11-29-26)22-21-18(16-20(31-22)25(38)39-4)17-8-5-6-9-19(17)30-21/h5-11,16,23,30H,12-15H2,1-4H3. The molecule has 1 atom stereocenters. The summed E-state index contributed by atoms with van der Waals surface area (Å²) >= 11 is 0. The molecule has 0 spiro atoms. The number of anilines is 1. The molecule has 5 heterocycles. The van der Waals surface area contributed by atoms with Crippen molar-refractivity contribution in [1.29, 1.82) is 0 Å². The van der Waals surface area contributed by atoms with Crippen molar-refractivity contribution in [2.45, 2.75) is 32.4 Å². The molecule has 1 aliphatic heterocycles. The van der Waals surface area contributed by atoms with Crippen LogP contribution in [0.15, 0.2) is 48.8 Å². The van der Waals surface area contributed by atoms with Crippen LogP contribution in [-0.2, 0) is 10.3 Å². The van der Waals surface area contributed by atoms with E-state index in [-0.39, 0.29) is 11.2 Å². The fraction of sp³-hybridized carbons (Fsp3) is 0.370. The van der Waals surface area contributed by atoms with Crippen LogP contribution in [0.4, 0.5) is 5.95 Å². The van der Waals surface area contributed by atoms with E-state index in [0.717, 1.165) is 21.8 Å². The largest absolute Gasteiger partial charge is 0.464 e. The number of benzene rings is 1. The van der Waals surface area contributed by atoms with Crippen LogP contribution in [0.5, 0.6) is 0 Å². The first-order chi connectivity index (χ1) is 18.8. The van der Waals surface area contributed by atoms with Crippen molar-refractivity contribution in [3.8, 4) is 0 Å². The second-order valence-corrected chi connectivity index (χ2v) is 10.6. The number of para-hydroxylation sites is 1. The number of carbonyl (C=O) groups is 1. The van der Waals surface area contributed by atoms with Gasteiger partial charge in [0.15, 0.2) is 5.82 Å². The first-order valence-electron chi connectivity index (χ1n) is 12.9. The van der Waals surface area contributed by atoms with Crippen LogP contribution in [-0.4, -0.2) is 84.3 Å². The highest BCUT2D eigenvalue weighted by Crippen LogP contribution is 2.36. The number of fused-ring (bicyclic) bond motifs is 3. The van der Waals surface area contributed by atoms with E-state index < -0.39 is 12.0 Å².